The van der Waals surface area contributed by atoms with Gasteiger partial charge in [-0.1, -0.05) is 27.2 Å². The van der Waals surface area contributed by atoms with E-state index in [9.17, 15) is 4.21 Å². The summed E-state index contributed by atoms with van der Waals surface area (Å²) in [6.45, 7) is 8.74. The lowest BCUT2D eigenvalue weighted by Crippen LogP contribution is -2.54. The van der Waals surface area contributed by atoms with Gasteiger partial charge in [0, 0.05) is 23.4 Å². The lowest BCUT2D eigenvalue weighted by atomic mass is 9.73. The van der Waals surface area contributed by atoms with Crippen molar-refractivity contribution < 1.29 is 8.95 Å². The van der Waals surface area contributed by atoms with Crippen molar-refractivity contribution in [2.75, 3.05) is 18.9 Å². The SMILES string of the molecule is CCCNC1C(S(=O)CC2CCCO2)CCCC1(C)C. The van der Waals surface area contributed by atoms with Crippen LogP contribution in [0, 0.1) is 5.41 Å². The number of hydrogen-bond acceptors (Lipinski definition) is 3. The van der Waals surface area contributed by atoms with Crippen molar-refractivity contribution in [2.24, 2.45) is 5.41 Å². The van der Waals surface area contributed by atoms with E-state index in [1.807, 2.05) is 0 Å². The average molecular weight is 301 g/mol. The maximum atomic E-state index is 12.8. The predicted octanol–water partition coefficient (Wildman–Crippen LogP) is 2.86. The molecular formula is C16H31NO2S. The summed E-state index contributed by atoms with van der Waals surface area (Å²) >= 11 is 0. The fourth-order valence-corrected chi connectivity index (χ4v) is 5.73. The Bertz CT molecular complexity index is 326. The Morgan fingerprint density at radius 1 is 1.30 bits per heavy atom. The van der Waals surface area contributed by atoms with Crippen molar-refractivity contribution in [3.8, 4) is 0 Å². The van der Waals surface area contributed by atoms with Gasteiger partial charge in [0.15, 0.2) is 0 Å². The summed E-state index contributed by atoms with van der Waals surface area (Å²) in [5.41, 5.74) is 0.254. The standard InChI is InChI=1S/C16H31NO2S/c1-4-10-17-15-14(8-5-9-16(15,2)3)20(18)12-13-7-6-11-19-13/h13-15,17H,4-12H2,1-3H3. The molecule has 0 spiro atoms. The maximum absolute atomic E-state index is 12.8. The topological polar surface area (TPSA) is 38.3 Å². The Morgan fingerprint density at radius 2 is 2.10 bits per heavy atom. The largest absolute Gasteiger partial charge is 0.377 e. The second kappa shape index (κ2) is 7.37. The molecule has 1 aliphatic heterocycles. The lowest BCUT2D eigenvalue weighted by molar-refractivity contribution is 0.127. The van der Waals surface area contributed by atoms with Crippen molar-refractivity contribution in [3.63, 3.8) is 0 Å². The first-order valence-corrected chi connectivity index (χ1v) is 9.65. The van der Waals surface area contributed by atoms with Crippen LogP contribution in [0.4, 0.5) is 0 Å². The Morgan fingerprint density at radius 3 is 2.75 bits per heavy atom. The van der Waals surface area contributed by atoms with Crippen molar-refractivity contribution in [1.29, 1.82) is 0 Å². The molecule has 118 valence electrons. The van der Waals surface area contributed by atoms with Gasteiger partial charge < -0.3 is 10.1 Å². The van der Waals surface area contributed by atoms with E-state index in [1.165, 1.54) is 12.8 Å². The van der Waals surface area contributed by atoms with Gasteiger partial charge in [-0.2, -0.15) is 0 Å². The van der Waals surface area contributed by atoms with Crippen LogP contribution in [-0.4, -0.2) is 40.5 Å². The quantitative estimate of drug-likeness (QED) is 0.820. The summed E-state index contributed by atoms with van der Waals surface area (Å²) in [4.78, 5) is 0. The molecule has 1 N–H and O–H groups in total. The zero-order chi connectivity index (χ0) is 14.6. The highest BCUT2D eigenvalue weighted by Gasteiger charge is 2.41. The summed E-state index contributed by atoms with van der Waals surface area (Å²) in [6, 6.07) is 0.387. The van der Waals surface area contributed by atoms with E-state index >= 15 is 0 Å². The van der Waals surface area contributed by atoms with Crippen LogP contribution in [0.1, 0.15) is 59.3 Å². The predicted molar refractivity (Wildman–Crippen MR) is 85.5 cm³/mol. The molecule has 1 heterocycles. The van der Waals surface area contributed by atoms with Crippen molar-refractivity contribution >= 4 is 10.8 Å². The fraction of sp³-hybridized carbons (Fsp3) is 1.00. The van der Waals surface area contributed by atoms with Gasteiger partial charge in [-0.25, -0.2) is 0 Å². The molecule has 0 radical (unpaired) electrons. The molecule has 2 fully saturated rings. The molecule has 0 aromatic heterocycles. The Balaban J connectivity index is 1.99. The summed E-state index contributed by atoms with van der Waals surface area (Å²) in [5.74, 6) is 0.741. The molecule has 2 aliphatic rings. The third-order valence-electron chi connectivity index (χ3n) is 4.85. The lowest BCUT2D eigenvalue weighted by Gasteiger charge is -2.44. The molecule has 0 aromatic rings. The van der Waals surface area contributed by atoms with Crippen LogP contribution in [0.2, 0.25) is 0 Å². The summed E-state index contributed by atoms with van der Waals surface area (Å²) < 4.78 is 18.5. The number of ether oxygens (including phenoxy) is 1. The van der Waals surface area contributed by atoms with E-state index in [0.29, 0.717) is 11.3 Å². The van der Waals surface area contributed by atoms with E-state index in [4.69, 9.17) is 4.74 Å². The zero-order valence-corrected chi connectivity index (χ0v) is 14.1. The van der Waals surface area contributed by atoms with Crippen LogP contribution >= 0.6 is 0 Å². The van der Waals surface area contributed by atoms with Crippen molar-refractivity contribution in [2.45, 2.75) is 76.7 Å². The molecule has 1 saturated carbocycles. The molecule has 4 unspecified atom stereocenters. The summed E-state index contributed by atoms with van der Waals surface area (Å²) in [5, 5.41) is 3.98. The zero-order valence-electron chi connectivity index (χ0n) is 13.3. The molecule has 1 aliphatic carbocycles. The first kappa shape index (κ1) is 16.4. The molecule has 3 nitrogen and oxygen atoms in total. The number of hydrogen-bond donors (Lipinski definition) is 1. The summed E-state index contributed by atoms with van der Waals surface area (Å²) in [7, 11) is -0.764. The van der Waals surface area contributed by atoms with Gasteiger partial charge in [0.25, 0.3) is 0 Å². The third kappa shape index (κ3) is 4.05. The smallest absolute Gasteiger partial charge is 0.0691 e. The van der Waals surface area contributed by atoms with Crippen LogP contribution in [0.5, 0.6) is 0 Å². The minimum absolute atomic E-state index is 0.243. The number of nitrogens with one attached hydrogen (secondary N) is 1. The maximum Gasteiger partial charge on any atom is 0.0691 e. The minimum Gasteiger partial charge on any atom is -0.377 e. The van der Waals surface area contributed by atoms with Gasteiger partial charge in [0.2, 0.25) is 0 Å². The molecule has 0 amide bonds. The summed E-state index contributed by atoms with van der Waals surface area (Å²) in [6.07, 6.45) is 7.15. The van der Waals surface area contributed by atoms with Gasteiger partial charge in [-0.05, 0) is 44.1 Å². The Kier molecular flexibility index (Phi) is 6.06. The Hall–Kier alpha value is 0.0700. The normalized spacial score (nSPS) is 35.0. The average Bonchev–Trinajstić information content (AvgIpc) is 2.89. The van der Waals surface area contributed by atoms with Gasteiger partial charge in [-0.15, -0.1) is 0 Å². The van der Waals surface area contributed by atoms with Crippen LogP contribution in [0.25, 0.3) is 0 Å². The Labute approximate surface area is 126 Å². The number of rotatable bonds is 6. The molecule has 4 heteroatoms. The van der Waals surface area contributed by atoms with Gasteiger partial charge in [0.1, 0.15) is 0 Å². The molecule has 0 bridgehead atoms. The molecular weight excluding hydrogens is 270 g/mol. The van der Waals surface area contributed by atoms with Gasteiger partial charge in [-0.3, -0.25) is 4.21 Å². The second-order valence-electron chi connectivity index (χ2n) is 7.03. The minimum atomic E-state index is -0.764. The van der Waals surface area contributed by atoms with Crippen LogP contribution in [0.15, 0.2) is 0 Å². The molecule has 0 aromatic carbocycles. The first-order chi connectivity index (χ1) is 9.54. The highest BCUT2D eigenvalue weighted by molar-refractivity contribution is 7.85. The van der Waals surface area contributed by atoms with Crippen LogP contribution < -0.4 is 5.32 Å². The van der Waals surface area contributed by atoms with Crippen LogP contribution in [-0.2, 0) is 15.5 Å². The van der Waals surface area contributed by atoms with Crippen molar-refractivity contribution in [3.05, 3.63) is 0 Å². The van der Waals surface area contributed by atoms with E-state index in [2.05, 4.69) is 26.1 Å². The molecule has 2 rings (SSSR count). The highest BCUT2D eigenvalue weighted by atomic mass is 32.2. The monoisotopic (exact) mass is 301 g/mol. The first-order valence-electron chi connectivity index (χ1n) is 8.27. The molecule has 4 atom stereocenters. The van der Waals surface area contributed by atoms with Crippen molar-refractivity contribution in [1.82, 2.24) is 5.32 Å². The van der Waals surface area contributed by atoms with Gasteiger partial charge in [0.05, 0.1) is 17.1 Å². The second-order valence-corrected chi connectivity index (χ2v) is 8.73. The fourth-order valence-electron chi connectivity index (χ4n) is 3.66. The highest BCUT2D eigenvalue weighted by Crippen LogP contribution is 2.38. The van der Waals surface area contributed by atoms with E-state index in [0.717, 1.165) is 44.6 Å². The molecule has 1 saturated heterocycles. The molecule has 20 heavy (non-hydrogen) atoms. The van der Waals surface area contributed by atoms with E-state index < -0.39 is 10.8 Å². The van der Waals surface area contributed by atoms with E-state index in [1.54, 1.807) is 0 Å². The third-order valence-corrected chi connectivity index (χ3v) is 6.73. The van der Waals surface area contributed by atoms with Gasteiger partial charge >= 0.3 is 0 Å². The van der Waals surface area contributed by atoms with E-state index in [-0.39, 0.29) is 11.5 Å². The van der Waals surface area contributed by atoms with Crippen LogP contribution in [0.3, 0.4) is 0 Å².